The third-order valence-electron chi connectivity index (χ3n) is 3.54. The number of rotatable bonds is 9. The highest BCUT2D eigenvalue weighted by atomic mass is 16.5. The van der Waals surface area contributed by atoms with Gasteiger partial charge in [0.15, 0.2) is 0 Å². The topological polar surface area (TPSA) is 47.7 Å². The number of ether oxygens (including phenoxy) is 1. The second-order valence-corrected chi connectivity index (χ2v) is 5.47. The third-order valence-corrected chi connectivity index (χ3v) is 3.54. The average molecular weight is 312 g/mol. The summed E-state index contributed by atoms with van der Waals surface area (Å²) >= 11 is 0. The molecule has 2 rings (SSSR count). The number of para-hydroxylation sites is 1. The van der Waals surface area contributed by atoms with E-state index in [0.29, 0.717) is 16.2 Å². The van der Waals surface area contributed by atoms with Crippen LogP contribution in [0.3, 0.4) is 0 Å². The number of benzene rings is 2. The maximum absolute atomic E-state index is 11.9. The van der Waals surface area contributed by atoms with Gasteiger partial charge in [-0.2, -0.15) is 0 Å². The van der Waals surface area contributed by atoms with Crippen molar-refractivity contribution in [2.45, 2.75) is 39.0 Å². The molecule has 0 aromatic heterocycles. The molecule has 0 unspecified atom stereocenters. The van der Waals surface area contributed by atoms with Crippen molar-refractivity contribution in [3.8, 4) is 5.75 Å². The largest absolute Gasteiger partial charge is 0.594 e. The number of nitrogens with zero attached hydrogens (tertiary/aromatic N) is 2. The lowest BCUT2D eigenvalue weighted by Crippen LogP contribution is -1.97. The molecule has 4 heteroatoms. The van der Waals surface area contributed by atoms with Crippen LogP contribution in [0.1, 0.15) is 39.0 Å². The van der Waals surface area contributed by atoms with E-state index in [9.17, 15) is 5.21 Å². The van der Waals surface area contributed by atoms with Crippen molar-refractivity contribution in [3.63, 3.8) is 0 Å². The Kier molecular flexibility index (Phi) is 7.11. The van der Waals surface area contributed by atoms with Gasteiger partial charge in [-0.3, -0.25) is 0 Å². The molecule has 0 aliphatic rings. The van der Waals surface area contributed by atoms with Crippen LogP contribution >= 0.6 is 0 Å². The zero-order valence-electron chi connectivity index (χ0n) is 13.6. The van der Waals surface area contributed by atoms with Gasteiger partial charge in [0.1, 0.15) is 11.4 Å². The number of unbranched alkanes of at least 4 members (excludes halogenated alkanes) is 4. The van der Waals surface area contributed by atoms with Gasteiger partial charge in [-0.25, -0.2) is 0 Å². The summed E-state index contributed by atoms with van der Waals surface area (Å²) in [5, 5.41) is 15.9. The first kappa shape index (κ1) is 17.0. The Morgan fingerprint density at radius 1 is 0.913 bits per heavy atom. The van der Waals surface area contributed by atoms with Crippen LogP contribution < -0.4 is 4.74 Å². The Hall–Kier alpha value is -2.36. The number of hydrogen-bond donors (Lipinski definition) is 0. The van der Waals surface area contributed by atoms with E-state index in [4.69, 9.17) is 4.74 Å². The second-order valence-electron chi connectivity index (χ2n) is 5.47. The van der Waals surface area contributed by atoms with E-state index >= 15 is 0 Å². The van der Waals surface area contributed by atoms with Crippen molar-refractivity contribution in [1.29, 1.82) is 0 Å². The molecule has 122 valence electrons. The zero-order chi connectivity index (χ0) is 16.3. The average Bonchev–Trinajstić information content (AvgIpc) is 2.60. The number of azo groups is 1. The fraction of sp³-hybridized carbons (Fsp3) is 0.368. The molecule has 23 heavy (non-hydrogen) atoms. The summed E-state index contributed by atoms with van der Waals surface area (Å²) in [5.41, 5.74) is 1.12. The maximum Gasteiger partial charge on any atom is 0.244 e. The van der Waals surface area contributed by atoms with Crippen LogP contribution in [-0.4, -0.2) is 11.5 Å². The SMILES string of the molecule is CCCCCCCOc1ccc(N=[N+]([O-])c2ccccc2)cc1. The molecular weight excluding hydrogens is 288 g/mol. The van der Waals surface area contributed by atoms with Crippen molar-refractivity contribution in [3.05, 3.63) is 59.8 Å². The van der Waals surface area contributed by atoms with Crippen LogP contribution in [0.25, 0.3) is 0 Å². The Morgan fingerprint density at radius 3 is 2.30 bits per heavy atom. The molecule has 0 N–H and O–H groups in total. The lowest BCUT2D eigenvalue weighted by molar-refractivity contribution is -0.435. The predicted octanol–water partition coefficient (Wildman–Crippen LogP) is 5.96. The summed E-state index contributed by atoms with van der Waals surface area (Å²) in [6.07, 6.45) is 6.11. The van der Waals surface area contributed by atoms with E-state index in [0.717, 1.165) is 18.8 Å². The van der Waals surface area contributed by atoms with Crippen molar-refractivity contribution >= 4 is 11.4 Å². The van der Waals surface area contributed by atoms with E-state index in [2.05, 4.69) is 12.0 Å². The predicted molar refractivity (Wildman–Crippen MR) is 92.5 cm³/mol. The van der Waals surface area contributed by atoms with Crippen LogP contribution in [0, 0.1) is 5.21 Å². The second kappa shape index (κ2) is 9.62. The molecule has 0 spiro atoms. The Bertz CT molecular complexity index is 595. The lowest BCUT2D eigenvalue weighted by atomic mass is 10.2. The summed E-state index contributed by atoms with van der Waals surface area (Å²) < 4.78 is 5.70. The standard InChI is InChI=1S/C19H24N2O2/c1-2-3-4-5-9-16-23-19-14-12-17(13-15-19)20-21(22)18-10-7-6-8-11-18/h6-8,10-15H,2-5,9,16H2,1H3. The van der Waals surface area contributed by atoms with Gasteiger partial charge in [0.2, 0.25) is 5.69 Å². The van der Waals surface area contributed by atoms with Crippen LogP contribution in [-0.2, 0) is 0 Å². The highest BCUT2D eigenvalue weighted by Gasteiger charge is 2.03. The summed E-state index contributed by atoms with van der Waals surface area (Å²) in [5.74, 6) is 0.816. The molecule has 0 aliphatic carbocycles. The molecule has 2 aromatic carbocycles. The number of hydrogen-bond acceptors (Lipinski definition) is 3. The van der Waals surface area contributed by atoms with Gasteiger partial charge < -0.3 is 9.94 Å². The molecule has 0 saturated carbocycles. The van der Waals surface area contributed by atoms with Crippen LogP contribution in [0.5, 0.6) is 5.75 Å². The maximum atomic E-state index is 11.9. The van der Waals surface area contributed by atoms with E-state index in [1.54, 1.807) is 24.3 Å². The van der Waals surface area contributed by atoms with Gasteiger partial charge in [0.25, 0.3) is 0 Å². The quantitative estimate of drug-likeness (QED) is 0.248. The van der Waals surface area contributed by atoms with E-state index < -0.39 is 0 Å². The Balaban J connectivity index is 1.82. The fourth-order valence-electron chi connectivity index (χ4n) is 2.22. The van der Waals surface area contributed by atoms with Gasteiger partial charge in [-0.05, 0) is 30.7 Å². The first-order valence-corrected chi connectivity index (χ1v) is 8.26. The highest BCUT2D eigenvalue weighted by Crippen LogP contribution is 2.21. The molecule has 0 bridgehead atoms. The van der Waals surface area contributed by atoms with E-state index in [1.807, 2.05) is 30.3 Å². The van der Waals surface area contributed by atoms with Crippen LogP contribution in [0.4, 0.5) is 11.4 Å². The first-order chi connectivity index (χ1) is 11.3. The molecule has 0 radical (unpaired) electrons. The van der Waals surface area contributed by atoms with Gasteiger partial charge in [0.05, 0.1) is 6.61 Å². The minimum atomic E-state index is 0.514. The molecule has 2 aromatic rings. The molecule has 4 nitrogen and oxygen atoms in total. The fourth-order valence-corrected chi connectivity index (χ4v) is 2.22. The molecular formula is C19H24N2O2. The van der Waals surface area contributed by atoms with Crippen molar-refractivity contribution < 1.29 is 9.60 Å². The minimum Gasteiger partial charge on any atom is -0.594 e. The summed E-state index contributed by atoms with van der Waals surface area (Å²) in [4.78, 5) is 0.629. The highest BCUT2D eigenvalue weighted by molar-refractivity contribution is 5.40. The van der Waals surface area contributed by atoms with Crippen LogP contribution in [0.15, 0.2) is 59.7 Å². The Morgan fingerprint density at radius 2 is 1.61 bits per heavy atom. The molecule has 0 aliphatic heterocycles. The van der Waals surface area contributed by atoms with Gasteiger partial charge >= 0.3 is 0 Å². The molecule has 0 amide bonds. The smallest absolute Gasteiger partial charge is 0.244 e. The molecule has 0 fully saturated rings. The van der Waals surface area contributed by atoms with Crippen molar-refractivity contribution in [1.82, 2.24) is 0 Å². The van der Waals surface area contributed by atoms with Crippen molar-refractivity contribution in [2.75, 3.05) is 6.61 Å². The minimum absolute atomic E-state index is 0.514. The molecule has 0 atom stereocenters. The monoisotopic (exact) mass is 312 g/mol. The Labute approximate surface area is 138 Å². The van der Waals surface area contributed by atoms with Gasteiger partial charge in [0, 0.05) is 17.2 Å². The zero-order valence-corrected chi connectivity index (χ0v) is 13.6. The summed E-state index contributed by atoms with van der Waals surface area (Å²) in [6.45, 7) is 2.95. The van der Waals surface area contributed by atoms with Gasteiger partial charge in [-0.15, -0.1) is 0 Å². The third kappa shape index (κ3) is 6.10. The van der Waals surface area contributed by atoms with Crippen LogP contribution in [0.2, 0.25) is 0 Å². The van der Waals surface area contributed by atoms with E-state index in [-0.39, 0.29) is 0 Å². The van der Waals surface area contributed by atoms with E-state index in [1.165, 1.54) is 25.7 Å². The molecule has 0 heterocycles. The normalized spacial score (nSPS) is 11.4. The molecule has 0 saturated heterocycles. The first-order valence-electron chi connectivity index (χ1n) is 8.26. The van der Waals surface area contributed by atoms with Crippen molar-refractivity contribution in [2.24, 2.45) is 5.11 Å². The summed E-state index contributed by atoms with van der Waals surface area (Å²) in [6, 6.07) is 16.2. The summed E-state index contributed by atoms with van der Waals surface area (Å²) in [7, 11) is 0. The lowest BCUT2D eigenvalue weighted by Gasteiger charge is -2.06. The van der Waals surface area contributed by atoms with Gasteiger partial charge in [-0.1, -0.05) is 55.7 Å².